The van der Waals surface area contributed by atoms with Gasteiger partial charge in [-0.1, -0.05) is 24.3 Å². The van der Waals surface area contributed by atoms with Crippen molar-refractivity contribution in [3.05, 3.63) is 35.4 Å². The molecule has 0 radical (unpaired) electrons. The fraction of sp³-hybridized carbons (Fsp3) is 0.400. The Hall–Kier alpha value is -0.470. The second-order valence-corrected chi connectivity index (χ2v) is 3.21. The van der Waals surface area contributed by atoms with Crippen molar-refractivity contribution in [3.8, 4) is 0 Å². The average Bonchev–Trinajstić information content (AvgIpc) is 2.09. The molecule has 12 heavy (non-hydrogen) atoms. The first kappa shape index (κ1) is 9.62. The number of benzene rings is 1. The van der Waals surface area contributed by atoms with Crippen LogP contribution in [0, 0.1) is 0 Å². The van der Waals surface area contributed by atoms with Crippen LogP contribution in [0.25, 0.3) is 0 Å². The van der Waals surface area contributed by atoms with Crippen LogP contribution >= 0.6 is 12.6 Å². The van der Waals surface area contributed by atoms with Crippen LogP contribution < -0.4 is 0 Å². The number of aryl methyl sites for hydroxylation is 1. The first-order valence-electron chi connectivity index (χ1n) is 4.16. The lowest BCUT2D eigenvalue weighted by Gasteiger charge is -2.00. The van der Waals surface area contributed by atoms with Crippen molar-refractivity contribution >= 4 is 12.6 Å². The van der Waals surface area contributed by atoms with E-state index < -0.39 is 0 Å². The molecule has 0 unspecified atom stereocenters. The van der Waals surface area contributed by atoms with E-state index in [1.54, 1.807) is 0 Å². The molecular formula is C10H14OS. The number of thiol groups is 1. The van der Waals surface area contributed by atoms with Crippen molar-refractivity contribution in [1.29, 1.82) is 0 Å². The molecule has 0 saturated carbocycles. The van der Waals surface area contributed by atoms with Crippen molar-refractivity contribution in [2.24, 2.45) is 0 Å². The van der Waals surface area contributed by atoms with Crippen LogP contribution in [-0.2, 0) is 12.8 Å². The van der Waals surface area contributed by atoms with Crippen LogP contribution in [0.3, 0.4) is 0 Å². The molecule has 0 bridgehead atoms. The summed E-state index contributed by atoms with van der Waals surface area (Å²) >= 11 is 4.16. The smallest absolute Gasteiger partial charge is 0.0471 e. The van der Waals surface area contributed by atoms with Gasteiger partial charge in [0.15, 0.2) is 0 Å². The number of hydrogen-bond donors (Lipinski definition) is 2. The molecular weight excluding hydrogens is 168 g/mol. The summed E-state index contributed by atoms with van der Waals surface area (Å²) in [5.41, 5.74) is 2.51. The Morgan fingerprint density at radius 2 is 1.50 bits per heavy atom. The summed E-state index contributed by atoms with van der Waals surface area (Å²) in [6.45, 7) is 0.228. The normalized spacial score (nSPS) is 10.2. The lowest BCUT2D eigenvalue weighted by molar-refractivity contribution is 0.299. The van der Waals surface area contributed by atoms with E-state index in [0.29, 0.717) is 0 Å². The number of rotatable bonds is 4. The number of aliphatic hydroxyl groups excluding tert-OH is 1. The highest BCUT2D eigenvalue weighted by Gasteiger charge is 1.92. The molecule has 0 aliphatic rings. The van der Waals surface area contributed by atoms with Crippen molar-refractivity contribution in [2.75, 3.05) is 12.4 Å². The van der Waals surface area contributed by atoms with Gasteiger partial charge in [-0.2, -0.15) is 12.6 Å². The van der Waals surface area contributed by atoms with Gasteiger partial charge < -0.3 is 5.11 Å². The molecule has 0 aliphatic carbocycles. The zero-order valence-corrected chi connectivity index (χ0v) is 7.93. The fourth-order valence-electron chi connectivity index (χ4n) is 1.13. The van der Waals surface area contributed by atoms with E-state index in [2.05, 4.69) is 36.9 Å². The van der Waals surface area contributed by atoms with Gasteiger partial charge >= 0.3 is 0 Å². The molecule has 0 atom stereocenters. The highest BCUT2D eigenvalue weighted by Crippen LogP contribution is 2.05. The van der Waals surface area contributed by atoms with Gasteiger partial charge in [0.05, 0.1) is 0 Å². The van der Waals surface area contributed by atoms with E-state index in [1.807, 2.05) is 0 Å². The first-order chi connectivity index (χ1) is 5.86. The molecule has 0 fully saturated rings. The maximum atomic E-state index is 8.68. The van der Waals surface area contributed by atoms with Crippen molar-refractivity contribution in [1.82, 2.24) is 0 Å². The Labute approximate surface area is 78.8 Å². The van der Waals surface area contributed by atoms with Gasteiger partial charge in [0.2, 0.25) is 0 Å². The molecule has 0 aromatic heterocycles. The van der Waals surface area contributed by atoms with Gasteiger partial charge in [-0.05, 0) is 29.7 Å². The number of hydrogen-bond acceptors (Lipinski definition) is 2. The van der Waals surface area contributed by atoms with Crippen molar-refractivity contribution in [2.45, 2.75) is 12.8 Å². The molecule has 66 valence electrons. The Bertz CT molecular complexity index is 193. The highest BCUT2D eigenvalue weighted by atomic mass is 32.1. The van der Waals surface area contributed by atoms with Gasteiger partial charge in [-0.25, -0.2) is 0 Å². The van der Waals surface area contributed by atoms with Crippen LogP contribution in [0.4, 0.5) is 0 Å². The van der Waals surface area contributed by atoms with Crippen LogP contribution in [0.1, 0.15) is 11.1 Å². The fourth-order valence-corrected chi connectivity index (χ4v) is 1.39. The standard InChI is InChI=1S/C10H14OS/c11-7-5-9-1-3-10(4-2-9)6-8-12/h1-4,11-12H,5-8H2. The van der Waals surface area contributed by atoms with E-state index in [0.717, 1.165) is 18.6 Å². The Morgan fingerprint density at radius 3 is 1.92 bits per heavy atom. The zero-order chi connectivity index (χ0) is 8.81. The third-order valence-corrected chi connectivity index (χ3v) is 2.05. The van der Waals surface area contributed by atoms with Crippen molar-refractivity contribution in [3.63, 3.8) is 0 Å². The minimum Gasteiger partial charge on any atom is -0.396 e. The first-order valence-corrected chi connectivity index (χ1v) is 4.79. The highest BCUT2D eigenvalue weighted by molar-refractivity contribution is 7.80. The summed E-state index contributed by atoms with van der Waals surface area (Å²) in [5.74, 6) is 0.888. The lowest BCUT2D eigenvalue weighted by atomic mass is 10.1. The van der Waals surface area contributed by atoms with Crippen molar-refractivity contribution < 1.29 is 5.11 Å². The van der Waals surface area contributed by atoms with Crippen LogP contribution in [0.15, 0.2) is 24.3 Å². The molecule has 2 heteroatoms. The maximum Gasteiger partial charge on any atom is 0.0471 e. The molecule has 0 aliphatic heterocycles. The summed E-state index contributed by atoms with van der Waals surface area (Å²) in [5, 5.41) is 8.68. The van der Waals surface area contributed by atoms with Gasteiger partial charge in [0, 0.05) is 6.61 Å². The van der Waals surface area contributed by atoms with E-state index in [1.165, 1.54) is 11.1 Å². The topological polar surface area (TPSA) is 20.2 Å². The van der Waals surface area contributed by atoms with E-state index in [9.17, 15) is 0 Å². The molecule has 1 nitrogen and oxygen atoms in total. The summed E-state index contributed by atoms with van der Waals surface area (Å²) in [4.78, 5) is 0. The van der Waals surface area contributed by atoms with Crippen LogP contribution in [-0.4, -0.2) is 17.5 Å². The molecule has 1 aromatic carbocycles. The molecule has 1 N–H and O–H groups in total. The Morgan fingerprint density at radius 1 is 1.00 bits per heavy atom. The summed E-state index contributed by atoms with van der Waals surface area (Å²) in [6.07, 6.45) is 1.77. The largest absolute Gasteiger partial charge is 0.396 e. The van der Waals surface area contributed by atoms with E-state index >= 15 is 0 Å². The SMILES string of the molecule is OCCc1ccc(CCS)cc1. The second kappa shape index (κ2) is 5.22. The molecule has 0 heterocycles. The Kier molecular flexibility index (Phi) is 4.19. The maximum absolute atomic E-state index is 8.68. The van der Waals surface area contributed by atoms with Gasteiger partial charge in [-0.3, -0.25) is 0 Å². The zero-order valence-electron chi connectivity index (χ0n) is 7.03. The predicted octanol–water partition coefficient (Wildman–Crippen LogP) is 1.69. The third kappa shape index (κ3) is 2.88. The summed E-state index contributed by atoms with van der Waals surface area (Å²) < 4.78 is 0. The van der Waals surface area contributed by atoms with E-state index in [-0.39, 0.29) is 6.61 Å². The number of aliphatic hydroxyl groups is 1. The second-order valence-electron chi connectivity index (χ2n) is 2.76. The van der Waals surface area contributed by atoms with Crippen LogP contribution in [0.5, 0.6) is 0 Å². The minimum atomic E-state index is 0.228. The van der Waals surface area contributed by atoms with Crippen LogP contribution in [0.2, 0.25) is 0 Å². The molecule has 0 saturated heterocycles. The quantitative estimate of drug-likeness (QED) is 0.679. The van der Waals surface area contributed by atoms with Gasteiger partial charge in [0.1, 0.15) is 0 Å². The van der Waals surface area contributed by atoms with Gasteiger partial charge in [0.25, 0.3) is 0 Å². The minimum absolute atomic E-state index is 0.228. The Balaban J connectivity index is 2.58. The average molecular weight is 182 g/mol. The lowest BCUT2D eigenvalue weighted by Crippen LogP contribution is -1.91. The molecule has 1 aromatic rings. The summed E-state index contributed by atoms with van der Waals surface area (Å²) in [7, 11) is 0. The summed E-state index contributed by atoms with van der Waals surface area (Å²) in [6, 6.07) is 8.33. The monoisotopic (exact) mass is 182 g/mol. The molecule has 1 rings (SSSR count). The molecule has 0 amide bonds. The predicted molar refractivity (Wildman–Crippen MR) is 54.8 cm³/mol. The third-order valence-electron chi connectivity index (χ3n) is 1.82. The molecule has 0 spiro atoms. The van der Waals surface area contributed by atoms with E-state index in [4.69, 9.17) is 5.11 Å². The van der Waals surface area contributed by atoms with Gasteiger partial charge in [-0.15, -0.1) is 0 Å².